The van der Waals surface area contributed by atoms with Gasteiger partial charge in [-0.15, -0.1) is 0 Å². The minimum Gasteiger partial charge on any atom is -0.385 e. The molecule has 1 aromatic carbocycles. The van der Waals surface area contributed by atoms with Gasteiger partial charge in [0.05, 0.1) is 0 Å². The molecule has 1 aromatic rings. The third-order valence-electron chi connectivity index (χ3n) is 4.62. The predicted molar refractivity (Wildman–Crippen MR) is 92.0 cm³/mol. The Balaban J connectivity index is 1.73. The van der Waals surface area contributed by atoms with Gasteiger partial charge in [-0.2, -0.15) is 0 Å². The number of hydrogen-bond donors (Lipinski definition) is 2. The summed E-state index contributed by atoms with van der Waals surface area (Å²) < 4.78 is 0. The second-order valence-electron chi connectivity index (χ2n) is 6.05. The lowest BCUT2D eigenvalue weighted by atomic mass is 9.98. The molecule has 0 aliphatic carbocycles. The van der Waals surface area contributed by atoms with E-state index in [1.54, 1.807) is 0 Å². The molecular weight excluding hydrogens is 258 g/mol. The smallest absolute Gasteiger partial charge is 0.0340 e. The molecule has 2 rings (SSSR count). The number of piperidine rings is 1. The van der Waals surface area contributed by atoms with Crippen LogP contribution in [0.3, 0.4) is 0 Å². The topological polar surface area (TPSA) is 27.3 Å². The van der Waals surface area contributed by atoms with Crippen molar-refractivity contribution in [2.75, 3.05) is 44.6 Å². The number of nitrogens with one attached hydrogen (secondary N) is 2. The second-order valence-corrected chi connectivity index (χ2v) is 6.05. The summed E-state index contributed by atoms with van der Waals surface area (Å²) in [7, 11) is 0. The van der Waals surface area contributed by atoms with E-state index in [4.69, 9.17) is 0 Å². The molecule has 0 amide bonds. The van der Waals surface area contributed by atoms with Gasteiger partial charge < -0.3 is 15.5 Å². The molecule has 1 fully saturated rings. The van der Waals surface area contributed by atoms with E-state index in [1.165, 1.54) is 37.2 Å². The summed E-state index contributed by atoms with van der Waals surface area (Å²) in [5.41, 5.74) is 2.70. The van der Waals surface area contributed by atoms with Crippen LogP contribution in [0.4, 0.5) is 5.69 Å². The molecule has 2 N–H and O–H groups in total. The molecule has 3 heteroatoms. The van der Waals surface area contributed by atoms with Crippen LogP contribution in [0.1, 0.15) is 32.3 Å². The molecule has 21 heavy (non-hydrogen) atoms. The Morgan fingerprint density at radius 3 is 2.38 bits per heavy atom. The number of rotatable bonds is 8. The first-order valence-corrected chi connectivity index (χ1v) is 8.57. The van der Waals surface area contributed by atoms with Crippen molar-refractivity contribution in [3.05, 3.63) is 29.8 Å². The SMILES string of the molecule is CCN(CC)CCc1ccc(NCC2CCNCC2)cc1. The van der Waals surface area contributed by atoms with Gasteiger partial charge in [0, 0.05) is 18.8 Å². The zero-order valence-corrected chi connectivity index (χ0v) is 13.7. The third kappa shape index (κ3) is 5.68. The first-order valence-electron chi connectivity index (χ1n) is 8.57. The molecule has 0 atom stereocenters. The van der Waals surface area contributed by atoms with Crippen LogP contribution in [0.2, 0.25) is 0 Å². The van der Waals surface area contributed by atoms with Crippen molar-refractivity contribution in [1.82, 2.24) is 10.2 Å². The van der Waals surface area contributed by atoms with Crippen molar-refractivity contribution in [1.29, 1.82) is 0 Å². The van der Waals surface area contributed by atoms with Crippen LogP contribution in [-0.2, 0) is 6.42 Å². The molecule has 1 aliphatic rings. The average Bonchev–Trinajstić information content (AvgIpc) is 2.56. The lowest BCUT2D eigenvalue weighted by Gasteiger charge is -2.23. The maximum Gasteiger partial charge on any atom is 0.0340 e. The largest absolute Gasteiger partial charge is 0.385 e. The van der Waals surface area contributed by atoms with E-state index >= 15 is 0 Å². The number of hydrogen-bond acceptors (Lipinski definition) is 3. The quantitative estimate of drug-likeness (QED) is 0.770. The first kappa shape index (κ1) is 16.3. The lowest BCUT2D eigenvalue weighted by Crippen LogP contribution is -2.31. The number of benzene rings is 1. The summed E-state index contributed by atoms with van der Waals surface area (Å²) in [6.45, 7) is 11.4. The van der Waals surface area contributed by atoms with E-state index in [2.05, 4.69) is 53.6 Å². The molecule has 0 spiro atoms. The van der Waals surface area contributed by atoms with Crippen LogP contribution < -0.4 is 10.6 Å². The van der Waals surface area contributed by atoms with Gasteiger partial charge in [0.25, 0.3) is 0 Å². The van der Waals surface area contributed by atoms with E-state index in [1.807, 2.05) is 0 Å². The monoisotopic (exact) mass is 289 g/mol. The number of likely N-dealkylation sites (N-methyl/N-ethyl adjacent to an activating group) is 1. The van der Waals surface area contributed by atoms with Gasteiger partial charge in [-0.05, 0) is 69.1 Å². The Labute approximate surface area is 130 Å². The van der Waals surface area contributed by atoms with E-state index < -0.39 is 0 Å². The Bertz CT molecular complexity index is 378. The molecule has 0 aromatic heterocycles. The van der Waals surface area contributed by atoms with Gasteiger partial charge in [-0.1, -0.05) is 26.0 Å². The normalized spacial score (nSPS) is 16.3. The molecule has 1 saturated heterocycles. The summed E-state index contributed by atoms with van der Waals surface area (Å²) in [5.74, 6) is 0.827. The highest BCUT2D eigenvalue weighted by molar-refractivity contribution is 5.44. The predicted octanol–water partition coefficient (Wildman–Crippen LogP) is 2.98. The zero-order chi connectivity index (χ0) is 14.9. The minimum absolute atomic E-state index is 0.827. The van der Waals surface area contributed by atoms with Crippen LogP contribution in [0.25, 0.3) is 0 Å². The maximum atomic E-state index is 3.59. The molecule has 0 saturated carbocycles. The zero-order valence-electron chi connectivity index (χ0n) is 13.7. The van der Waals surface area contributed by atoms with Gasteiger partial charge in [-0.3, -0.25) is 0 Å². The van der Waals surface area contributed by atoms with E-state index in [0.717, 1.165) is 38.5 Å². The van der Waals surface area contributed by atoms with Crippen molar-refractivity contribution in [3.8, 4) is 0 Å². The fraction of sp³-hybridized carbons (Fsp3) is 0.667. The van der Waals surface area contributed by atoms with E-state index in [9.17, 15) is 0 Å². The molecule has 0 radical (unpaired) electrons. The van der Waals surface area contributed by atoms with Crippen molar-refractivity contribution < 1.29 is 0 Å². The second kappa shape index (κ2) is 9.06. The molecule has 1 aliphatic heterocycles. The van der Waals surface area contributed by atoms with Crippen LogP contribution in [0, 0.1) is 5.92 Å². The van der Waals surface area contributed by atoms with Crippen molar-refractivity contribution in [2.24, 2.45) is 5.92 Å². The van der Waals surface area contributed by atoms with Crippen molar-refractivity contribution in [2.45, 2.75) is 33.1 Å². The third-order valence-corrected chi connectivity index (χ3v) is 4.62. The van der Waals surface area contributed by atoms with E-state index in [0.29, 0.717) is 0 Å². The first-order chi connectivity index (χ1) is 10.3. The lowest BCUT2D eigenvalue weighted by molar-refractivity contribution is 0.308. The fourth-order valence-electron chi connectivity index (χ4n) is 2.96. The average molecular weight is 289 g/mol. The van der Waals surface area contributed by atoms with Crippen LogP contribution in [-0.4, -0.2) is 44.2 Å². The van der Waals surface area contributed by atoms with Crippen LogP contribution in [0.5, 0.6) is 0 Å². The van der Waals surface area contributed by atoms with Crippen molar-refractivity contribution >= 4 is 5.69 Å². The van der Waals surface area contributed by atoms with Gasteiger partial charge in [-0.25, -0.2) is 0 Å². The maximum absolute atomic E-state index is 3.59. The molecule has 3 nitrogen and oxygen atoms in total. The Hall–Kier alpha value is -1.06. The van der Waals surface area contributed by atoms with Crippen molar-refractivity contribution in [3.63, 3.8) is 0 Å². The molecule has 1 heterocycles. The Morgan fingerprint density at radius 2 is 1.76 bits per heavy atom. The summed E-state index contributed by atoms with van der Waals surface area (Å²) in [6, 6.07) is 9.01. The van der Waals surface area contributed by atoms with Gasteiger partial charge in [0.2, 0.25) is 0 Å². The fourth-order valence-corrected chi connectivity index (χ4v) is 2.96. The highest BCUT2D eigenvalue weighted by Gasteiger charge is 2.12. The standard InChI is InChI=1S/C18H31N3/c1-3-21(4-2)14-11-16-5-7-18(8-6-16)20-15-17-9-12-19-13-10-17/h5-8,17,19-20H,3-4,9-15H2,1-2H3. The molecule has 0 unspecified atom stereocenters. The summed E-state index contributed by atoms with van der Waals surface area (Å²) in [6.07, 6.45) is 3.75. The van der Waals surface area contributed by atoms with Gasteiger partial charge in [0.15, 0.2) is 0 Å². The van der Waals surface area contributed by atoms with Gasteiger partial charge in [0.1, 0.15) is 0 Å². The van der Waals surface area contributed by atoms with Crippen LogP contribution >= 0.6 is 0 Å². The number of nitrogens with zero attached hydrogens (tertiary/aromatic N) is 1. The highest BCUT2D eigenvalue weighted by Crippen LogP contribution is 2.15. The molecule has 118 valence electrons. The molecular formula is C18H31N3. The summed E-state index contributed by atoms with van der Waals surface area (Å²) in [4.78, 5) is 2.48. The van der Waals surface area contributed by atoms with Crippen LogP contribution in [0.15, 0.2) is 24.3 Å². The highest BCUT2D eigenvalue weighted by atomic mass is 15.1. The van der Waals surface area contributed by atoms with Gasteiger partial charge >= 0.3 is 0 Å². The Kier molecular flexibility index (Phi) is 7.04. The Morgan fingerprint density at radius 1 is 1.10 bits per heavy atom. The molecule has 0 bridgehead atoms. The summed E-state index contributed by atoms with van der Waals surface area (Å²) in [5, 5.41) is 7.01. The van der Waals surface area contributed by atoms with E-state index in [-0.39, 0.29) is 0 Å². The summed E-state index contributed by atoms with van der Waals surface area (Å²) >= 11 is 0. The number of anilines is 1. The minimum atomic E-state index is 0.827.